The van der Waals surface area contributed by atoms with Crippen LogP contribution in [0.2, 0.25) is 0 Å². The van der Waals surface area contributed by atoms with Gasteiger partial charge in [-0.2, -0.15) is 0 Å². The third-order valence-electron chi connectivity index (χ3n) is 3.61. The topological polar surface area (TPSA) is 49.3 Å². The number of guanidine groups is 1. The monoisotopic (exact) mass is 330 g/mol. The molecule has 0 radical (unpaired) electrons. The number of benzene rings is 1. The van der Waals surface area contributed by atoms with E-state index in [4.69, 9.17) is 4.99 Å². The van der Waals surface area contributed by atoms with Crippen LogP contribution in [0.1, 0.15) is 41.0 Å². The molecule has 1 heterocycles. The number of hydrogen-bond acceptors (Lipinski definition) is 3. The quantitative estimate of drug-likeness (QED) is 0.628. The fraction of sp³-hybridized carbons (Fsp3) is 0.444. The number of nitrogens with zero attached hydrogens (tertiary/aromatic N) is 2. The van der Waals surface area contributed by atoms with E-state index in [0.717, 1.165) is 36.2 Å². The predicted octanol–water partition coefficient (Wildman–Crippen LogP) is 3.62. The van der Waals surface area contributed by atoms with Crippen molar-refractivity contribution in [3.63, 3.8) is 0 Å². The Morgan fingerprint density at radius 2 is 2.00 bits per heavy atom. The number of aliphatic imine (C=N–C) groups is 1. The van der Waals surface area contributed by atoms with Crippen LogP contribution in [0.4, 0.5) is 0 Å². The molecule has 1 aromatic carbocycles. The molecular weight excluding hydrogens is 304 g/mol. The maximum atomic E-state index is 4.70. The molecule has 1 unspecified atom stereocenters. The summed E-state index contributed by atoms with van der Waals surface area (Å²) in [6.07, 6.45) is 0.938. The van der Waals surface area contributed by atoms with E-state index in [0.29, 0.717) is 0 Å². The second-order valence-electron chi connectivity index (χ2n) is 5.53. The molecule has 1 atom stereocenters. The van der Waals surface area contributed by atoms with Gasteiger partial charge in [-0.15, -0.1) is 11.3 Å². The van der Waals surface area contributed by atoms with Crippen LogP contribution >= 0.6 is 11.3 Å². The van der Waals surface area contributed by atoms with Crippen LogP contribution < -0.4 is 10.6 Å². The van der Waals surface area contributed by atoms with Crippen molar-refractivity contribution >= 4 is 17.3 Å². The minimum absolute atomic E-state index is 0.224. The molecule has 2 rings (SSSR count). The first kappa shape index (κ1) is 17.5. The molecule has 0 fully saturated rings. The van der Waals surface area contributed by atoms with Gasteiger partial charge < -0.3 is 10.6 Å². The highest BCUT2D eigenvalue weighted by atomic mass is 32.1. The highest BCUT2D eigenvalue weighted by Gasteiger charge is 2.08. The van der Waals surface area contributed by atoms with Gasteiger partial charge in [0, 0.05) is 24.4 Å². The molecule has 0 aliphatic heterocycles. The van der Waals surface area contributed by atoms with Crippen molar-refractivity contribution in [3.8, 4) is 0 Å². The lowest BCUT2D eigenvalue weighted by atomic mass is 10.1. The van der Waals surface area contributed by atoms with Crippen molar-refractivity contribution in [2.75, 3.05) is 13.1 Å². The van der Waals surface area contributed by atoms with Crippen LogP contribution in [0, 0.1) is 13.8 Å². The zero-order valence-electron chi connectivity index (χ0n) is 14.4. The Morgan fingerprint density at radius 3 is 2.61 bits per heavy atom. The fourth-order valence-electron chi connectivity index (χ4n) is 2.42. The first-order chi connectivity index (χ1) is 11.1. The highest BCUT2D eigenvalue weighted by molar-refractivity contribution is 7.11. The number of nitrogens with one attached hydrogen (secondary N) is 2. The predicted molar refractivity (Wildman–Crippen MR) is 99.3 cm³/mol. The van der Waals surface area contributed by atoms with Crippen LogP contribution in [0.25, 0.3) is 0 Å². The van der Waals surface area contributed by atoms with Gasteiger partial charge in [-0.25, -0.2) is 4.98 Å². The maximum Gasteiger partial charge on any atom is 0.191 e. The molecule has 5 heteroatoms. The molecule has 0 saturated carbocycles. The van der Waals surface area contributed by atoms with E-state index >= 15 is 0 Å². The van der Waals surface area contributed by atoms with Gasteiger partial charge in [0.2, 0.25) is 0 Å². The van der Waals surface area contributed by atoms with E-state index in [2.05, 4.69) is 67.6 Å². The Kier molecular flexibility index (Phi) is 6.59. The van der Waals surface area contributed by atoms with Gasteiger partial charge in [0.25, 0.3) is 0 Å². The van der Waals surface area contributed by atoms with Gasteiger partial charge in [-0.05, 0) is 33.3 Å². The van der Waals surface area contributed by atoms with Gasteiger partial charge in [0.05, 0.1) is 16.7 Å². The number of hydrogen-bond donors (Lipinski definition) is 2. The normalized spacial score (nSPS) is 13.0. The van der Waals surface area contributed by atoms with Gasteiger partial charge in [0.15, 0.2) is 5.96 Å². The minimum Gasteiger partial charge on any atom is -0.357 e. The highest BCUT2D eigenvalue weighted by Crippen LogP contribution is 2.17. The smallest absolute Gasteiger partial charge is 0.191 e. The molecule has 1 aromatic heterocycles. The summed E-state index contributed by atoms with van der Waals surface area (Å²) >= 11 is 1.77. The molecule has 2 aromatic rings. The molecule has 4 nitrogen and oxygen atoms in total. The van der Waals surface area contributed by atoms with Crippen LogP contribution in [0.15, 0.2) is 35.3 Å². The lowest BCUT2D eigenvalue weighted by molar-refractivity contribution is 0.686. The second kappa shape index (κ2) is 8.67. The summed E-state index contributed by atoms with van der Waals surface area (Å²) in [7, 11) is 0. The van der Waals surface area contributed by atoms with Gasteiger partial charge in [-0.3, -0.25) is 4.99 Å². The zero-order valence-corrected chi connectivity index (χ0v) is 15.2. The Morgan fingerprint density at radius 1 is 1.26 bits per heavy atom. The Bertz CT molecular complexity index is 634. The van der Waals surface area contributed by atoms with E-state index in [1.807, 2.05) is 6.07 Å². The summed E-state index contributed by atoms with van der Waals surface area (Å²) in [6.45, 7) is 9.98. The second-order valence-corrected chi connectivity index (χ2v) is 6.82. The maximum absolute atomic E-state index is 4.70. The molecule has 0 aliphatic rings. The molecule has 0 aliphatic carbocycles. The molecule has 0 saturated heterocycles. The minimum atomic E-state index is 0.224. The van der Waals surface area contributed by atoms with Crippen LogP contribution in [-0.4, -0.2) is 24.0 Å². The lowest BCUT2D eigenvalue weighted by Gasteiger charge is -2.18. The van der Waals surface area contributed by atoms with Crippen molar-refractivity contribution in [3.05, 3.63) is 51.5 Å². The number of rotatable bonds is 6. The van der Waals surface area contributed by atoms with E-state index in [1.165, 1.54) is 10.4 Å². The van der Waals surface area contributed by atoms with Crippen LogP contribution in [-0.2, 0) is 6.42 Å². The molecule has 0 amide bonds. The first-order valence-corrected chi connectivity index (χ1v) is 8.94. The average Bonchev–Trinajstić information content (AvgIpc) is 2.86. The summed E-state index contributed by atoms with van der Waals surface area (Å²) in [4.78, 5) is 10.5. The lowest BCUT2D eigenvalue weighted by Crippen LogP contribution is -2.38. The number of aromatic nitrogens is 1. The van der Waals surface area contributed by atoms with Gasteiger partial charge in [-0.1, -0.05) is 30.3 Å². The first-order valence-electron chi connectivity index (χ1n) is 8.12. The number of thiazole rings is 1. The summed E-state index contributed by atoms with van der Waals surface area (Å²) in [5.74, 6) is 0.864. The van der Waals surface area contributed by atoms with E-state index in [-0.39, 0.29) is 6.04 Å². The molecule has 23 heavy (non-hydrogen) atoms. The van der Waals surface area contributed by atoms with Crippen molar-refractivity contribution < 1.29 is 0 Å². The van der Waals surface area contributed by atoms with E-state index in [1.54, 1.807) is 11.3 Å². The fourth-order valence-corrected chi connectivity index (χ4v) is 3.35. The molecule has 2 N–H and O–H groups in total. The Labute approximate surface area is 143 Å². The van der Waals surface area contributed by atoms with Crippen molar-refractivity contribution in [2.24, 2.45) is 4.99 Å². The van der Waals surface area contributed by atoms with Crippen molar-refractivity contribution in [1.82, 2.24) is 15.6 Å². The molecule has 124 valence electrons. The van der Waals surface area contributed by atoms with Crippen molar-refractivity contribution in [2.45, 2.75) is 40.2 Å². The molecule has 0 spiro atoms. The average molecular weight is 331 g/mol. The zero-order chi connectivity index (χ0) is 16.7. The molecular formula is C18H26N4S. The number of aryl methyl sites for hydroxylation is 2. The summed E-state index contributed by atoms with van der Waals surface area (Å²) in [5.41, 5.74) is 2.39. The Hall–Kier alpha value is -1.88. The summed E-state index contributed by atoms with van der Waals surface area (Å²) < 4.78 is 0. The standard InChI is InChI=1S/C18H26N4S/c1-5-19-18(22-13(2)16-9-7-6-8-10-16)20-12-11-17-14(3)21-15(4)23-17/h6-10,13H,5,11-12H2,1-4H3,(H2,19,20,22). The van der Waals surface area contributed by atoms with Crippen LogP contribution in [0.3, 0.4) is 0 Å². The van der Waals surface area contributed by atoms with Crippen molar-refractivity contribution in [1.29, 1.82) is 0 Å². The van der Waals surface area contributed by atoms with E-state index < -0.39 is 0 Å². The largest absolute Gasteiger partial charge is 0.357 e. The van der Waals surface area contributed by atoms with Crippen LogP contribution in [0.5, 0.6) is 0 Å². The summed E-state index contributed by atoms with van der Waals surface area (Å²) in [5, 5.41) is 7.91. The third kappa shape index (κ3) is 5.36. The van der Waals surface area contributed by atoms with E-state index in [9.17, 15) is 0 Å². The Balaban J connectivity index is 1.95. The molecule has 0 bridgehead atoms. The van der Waals surface area contributed by atoms with Gasteiger partial charge in [0.1, 0.15) is 0 Å². The SMILES string of the molecule is CCNC(=NCCc1sc(C)nc1C)NC(C)c1ccccc1. The van der Waals surface area contributed by atoms with Gasteiger partial charge >= 0.3 is 0 Å². The third-order valence-corrected chi connectivity index (χ3v) is 4.74. The summed E-state index contributed by atoms with van der Waals surface area (Å²) in [6, 6.07) is 10.6.